The van der Waals surface area contributed by atoms with Crippen LogP contribution in [0.25, 0.3) is 0 Å². The van der Waals surface area contributed by atoms with Crippen LogP contribution in [0.4, 0.5) is 8.78 Å². The van der Waals surface area contributed by atoms with Crippen molar-refractivity contribution >= 4 is 10.0 Å². The molecule has 4 nitrogen and oxygen atoms in total. The number of piperidine rings is 1. The molecule has 0 radical (unpaired) electrons. The van der Waals surface area contributed by atoms with Crippen LogP contribution >= 0.6 is 0 Å². The van der Waals surface area contributed by atoms with Crippen molar-refractivity contribution in [1.82, 2.24) is 4.31 Å². The van der Waals surface area contributed by atoms with E-state index in [9.17, 15) is 17.2 Å². The molecular weight excluding hydrogens is 300 g/mol. The highest BCUT2D eigenvalue weighted by Crippen LogP contribution is 2.28. The molecular formula is C14H19F2NO3S. The van der Waals surface area contributed by atoms with Crippen LogP contribution in [0.15, 0.2) is 17.0 Å². The van der Waals surface area contributed by atoms with Crippen molar-refractivity contribution in [2.45, 2.75) is 37.7 Å². The predicted octanol–water partition coefficient (Wildman–Crippen LogP) is 2.27. The van der Waals surface area contributed by atoms with Gasteiger partial charge in [0.1, 0.15) is 10.7 Å². The zero-order chi connectivity index (χ0) is 15.6. The first-order chi connectivity index (χ1) is 9.91. The lowest BCUT2D eigenvalue weighted by Gasteiger charge is -2.31. The van der Waals surface area contributed by atoms with E-state index in [2.05, 4.69) is 0 Å². The smallest absolute Gasteiger partial charge is 0.246 e. The molecule has 0 spiro atoms. The lowest BCUT2D eigenvalue weighted by Crippen LogP contribution is -2.40. The fraction of sp³-hybridized carbons (Fsp3) is 0.571. The SMILES string of the molecule is CCC1CCCN(S(=O)(=O)c2ccc(F)c(CO)c2F)C1. The molecule has 1 fully saturated rings. The van der Waals surface area contributed by atoms with Crippen LogP contribution in [-0.4, -0.2) is 30.9 Å². The molecule has 21 heavy (non-hydrogen) atoms. The highest BCUT2D eigenvalue weighted by Gasteiger charge is 2.32. The Morgan fingerprint density at radius 2 is 2.10 bits per heavy atom. The van der Waals surface area contributed by atoms with Crippen LogP contribution in [-0.2, 0) is 16.6 Å². The Morgan fingerprint density at radius 1 is 1.38 bits per heavy atom. The average Bonchev–Trinajstić information content (AvgIpc) is 2.47. The number of hydrogen-bond donors (Lipinski definition) is 1. The fourth-order valence-electron chi connectivity index (χ4n) is 2.64. The second-order valence-corrected chi connectivity index (χ2v) is 7.18. The minimum absolute atomic E-state index is 0.259. The number of aliphatic hydroxyl groups is 1. The summed E-state index contributed by atoms with van der Waals surface area (Å²) in [6, 6.07) is 1.80. The van der Waals surface area contributed by atoms with Gasteiger partial charge in [-0.3, -0.25) is 0 Å². The van der Waals surface area contributed by atoms with Crippen molar-refractivity contribution in [1.29, 1.82) is 0 Å². The van der Waals surface area contributed by atoms with Gasteiger partial charge in [0, 0.05) is 13.1 Å². The van der Waals surface area contributed by atoms with Gasteiger partial charge in [-0.25, -0.2) is 17.2 Å². The van der Waals surface area contributed by atoms with E-state index in [1.54, 1.807) is 0 Å². The summed E-state index contributed by atoms with van der Waals surface area (Å²) < 4.78 is 53.8. The molecule has 118 valence electrons. The summed E-state index contributed by atoms with van der Waals surface area (Å²) in [6.45, 7) is 1.80. The van der Waals surface area contributed by atoms with Gasteiger partial charge in [-0.05, 0) is 30.9 Å². The minimum atomic E-state index is -4.00. The van der Waals surface area contributed by atoms with Crippen LogP contribution in [0.1, 0.15) is 31.7 Å². The maximum absolute atomic E-state index is 14.2. The van der Waals surface area contributed by atoms with Gasteiger partial charge in [-0.15, -0.1) is 0 Å². The highest BCUT2D eigenvalue weighted by molar-refractivity contribution is 7.89. The van der Waals surface area contributed by atoms with Gasteiger partial charge < -0.3 is 5.11 Å². The number of hydrogen-bond acceptors (Lipinski definition) is 3. The van der Waals surface area contributed by atoms with Gasteiger partial charge >= 0.3 is 0 Å². The van der Waals surface area contributed by atoms with E-state index >= 15 is 0 Å². The zero-order valence-corrected chi connectivity index (χ0v) is 12.7. The summed E-state index contributed by atoms with van der Waals surface area (Å²) in [6.07, 6.45) is 2.55. The molecule has 0 aliphatic carbocycles. The average molecular weight is 319 g/mol. The second kappa shape index (κ2) is 6.37. The Kier molecular flexibility index (Phi) is 4.95. The lowest BCUT2D eigenvalue weighted by atomic mass is 9.97. The van der Waals surface area contributed by atoms with Crippen LogP contribution in [0, 0.1) is 17.6 Å². The van der Waals surface area contributed by atoms with Crippen molar-refractivity contribution in [3.05, 3.63) is 29.3 Å². The third-order valence-electron chi connectivity index (χ3n) is 3.99. The Balaban J connectivity index is 2.40. The van der Waals surface area contributed by atoms with Gasteiger partial charge in [-0.1, -0.05) is 13.3 Å². The van der Waals surface area contributed by atoms with Crippen molar-refractivity contribution < 1.29 is 22.3 Å². The van der Waals surface area contributed by atoms with Gasteiger partial charge in [0.25, 0.3) is 0 Å². The van der Waals surface area contributed by atoms with Crippen LogP contribution in [0.5, 0.6) is 0 Å². The summed E-state index contributed by atoms with van der Waals surface area (Å²) >= 11 is 0. The number of rotatable bonds is 4. The van der Waals surface area contributed by atoms with Crippen LogP contribution in [0.3, 0.4) is 0 Å². The number of sulfonamides is 1. The third kappa shape index (κ3) is 3.09. The van der Waals surface area contributed by atoms with Crippen molar-refractivity contribution in [3.63, 3.8) is 0 Å². The molecule has 1 N–H and O–H groups in total. The first kappa shape index (κ1) is 16.3. The molecule has 2 rings (SSSR count). The molecule has 0 saturated carbocycles. The third-order valence-corrected chi connectivity index (χ3v) is 5.87. The molecule has 1 aromatic rings. The fourth-order valence-corrected chi connectivity index (χ4v) is 4.28. The summed E-state index contributed by atoms with van der Waals surface area (Å²) in [5.74, 6) is -1.88. The molecule has 7 heteroatoms. The highest BCUT2D eigenvalue weighted by atomic mass is 32.2. The topological polar surface area (TPSA) is 57.6 Å². The van der Waals surface area contributed by atoms with Crippen LogP contribution < -0.4 is 0 Å². The summed E-state index contributed by atoms with van der Waals surface area (Å²) in [7, 11) is -4.00. The molecule has 1 atom stereocenters. The second-order valence-electron chi connectivity index (χ2n) is 5.28. The monoisotopic (exact) mass is 319 g/mol. The van der Waals surface area contributed by atoms with E-state index in [0.717, 1.165) is 31.4 Å². The summed E-state index contributed by atoms with van der Waals surface area (Å²) in [4.78, 5) is -0.565. The Morgan fingerprint density at radius 3 is 2.71 bits per heavy atom. The van der Waals surface area contributed by atoms with E-state index in [-0.39, 0.29) is 5.92 Å². The molecule has 1 heterocycles. The normalized spacial score (nSPS) is 20.7. The van der Waals surface area contributed by atoms with Crippen molar-refractivity contribution in [2.24, 2.45) is 5.92 Å². The first-order valence-electron chi connectivity index (χ1n) is 6.99. The molecule has 1 saturated heterocycles. The number of benzene rings is 1. The maximum atomic E-state index is 14.2. The minimum Gasteiger partial charge on any atom is -0.391 e. The number of nitrogens with zero attached hydrogens (tertiary/aromatic N) is 1. The number of aliphatic hydroxyl groups excluding tert-OH is 1. The van der Waals surface area contributed by atoms with Gasteiger partial charge in [0.2, 0.25) is 10.0 Å². The van der Waals surface area contributed by atoms with E-state index < -0.39 is 38.7 Å². The summed E-state index contributed by atoms with van der Waals surface area (Å²) in [5, 5.41) is 8.99. The lowest BCUT2D eigenvalue weighted by molar-refractivity contribution is 0.258. The quantitative estimate of drug-likeness (QED) is 0.926. The maximum Gasteiger partial charge on any atom is 0.246 e. The molecule has 1 aliphatic rings. The van der Waals surface area contributed by atoms with Crippen molar-refractivity contribution in [2.75, 3.05) is 13.1 Å². The van der Waals surface area contributed by atoms with Crippen molar-refractivity contribution in [3.8, 4) is 0 Å². The largest absolute Gasteiger partial charge is 0.391 e. The zero-order valence-electron chi connectivity index (χ0n) is 11.8. The van der Waals surface area contributed by atoms with E-state index in [1.807, 2.05) is 6.92 Å². The standard InChI is InChI=1S/C14H19F2NO3S/c1-2-10-4-3-7-17(8-10)21(19,20)13-6-5-12(15)11(9-18)14(13)16/h5-6,10,18H,2-4,7-9H2,1H3. The molecule has 1 unspecified atom stereocenters. The number of halogens is 2. The molecule has 0 amide bonds. The molecule has 0 aromatic heterocycles. The summed E-state index contributed by atoms with van der Waals surface area (Å²) in [5.41, 5.74) is -0.611. The Hall–Kier alpha value is -1.05. The predicted molar refractivity (Wildman–Crippen MR) is 74.1 cm³/mol. The molecule has 1 aliphatic heterocycles. The van der Waals surface area contributed by atoms with Gasteiger partial charge in [0.15, 0.2) is 5.82 Å². The Bertz CT molecular complexity index is 619. The molecule has 1 aromatic carbocycles. The molecule has 0 bridgehead atoms. The van der Waals surface area contributed by atoms with E-state index in [0.29, 0.717) is 13.1 Å². The van der Waals surface area contributed by atoms with Crippen LogP contribution in [0.2, 0.25) is 0 Å². The van der Waals surface area contributed by atoms with E-state index in [4.69, 9.17) is 5.11 Å². The van der Waals surface area contributed by atoms with Gasteiger partial charge in [-0.2, -0.15) is 4.31 Å². The van der Waals surface area contributed by atoms with Gasteiger partial charge in [0.05, 0.1) is 12.2 Å². The Labute approximate surface area is 123 Å². The van der Waals surface area contributed by atoms with E-state index in [1.165, 1.54) is 4.31 Å². The first-order valence-corrected chi connectivity index (χ1v) is 8.43.